The standard InChI is InChI=1S/C17H26N4O2S/c22-15(18-7-5-10-20-8-2-1-3-9-20)12-14-13-24-17(19-14)21-11-4-6-16(21)23/h13H,1-12H2,(H,18,22). The van der Waals surface area contributed by atoms with Crippen molar-refractivity contribution < 1.29 is 9.59 Å². The van der Waals surface area contributed by atoms with Crippen LogP contribution in [0, 0.1) is 0 Å². The maximum absolute atomic E-state index is 12.0. The topological polar surface area (TPSA) is 65.5 Å². The first-order valence-electron chi connectivity index (χ1n) is 8.96. The highest BCUT2D eigenvalue weighted by atomic mass is 32.1. The van der Waals surface area contributed by atoms with Crippen LogP contribution in [-0.4, -0.2) is 54.4 Å². The van der Waals surface area contributed by atoms with E-state index in [1.807, 2.05) is 5.38 Å². The molecule has 0 spiro atoms. The van der Waals surface area contributed by atoms with E-state index < -0.39 is 0 Å². The molecule has 6 nitrogen and oxygen atoms in total. The largest absolute Gasteiger partial charge is 0.356 e. The molecule has 3 rings (SSSR count). The van der Waals surface area contributed by atoms with Crippen LogP contribution in [0.15, 0.2) is 5.38 Å². The lowest BCUT2D eigenvalue weighted by Crippen LogP contribution is -2.33. The molecule has 3 heterocycles. The predicted molar refractivity (Wildman–Crippen MR) is 95.3 cm³/mol. The third kappa shape index (κ3) is 4.77. The smallest absolute Gasteiger partial charge is 0.228 e. The third-order valence-electron chi connectivity index (χ3n) is 4.61. The van der Waals surface area contributed by atoms with E-state index in [0.717, 1.165) is 43.3 Å². The number of aromatic nitrogens is 1. The van der Waals surface area contributed by atoms with Crippen LogP contribution in [0.2, 0.25) is 0 Å². The summed E-state index contributed by atoms with van der Waals surface area (Å²) in [5.41, 5.74) is 0.753. The lowest BCUT2D eigenvalue weighted by atomic mass is 10.1. The van der Waals surface area contributed by atoms with E-state index in [0.29, 0.717) is 12.8 Å². The lowest BCUT2D eigenvalue weighted by molar-refractivity contribution is -0.120. The summed E-state index contributed by atoms with van der Waals surface area (Å²) < 4.78 is 0. The molecule has 1 N–H and O–H groups in total. The number of thiazole rings is 1. The monoisotopic (exact) mass is 350 g/mol. The number of hydrogen-bond acceptors (Lipinski definition) is 5. The zero-order chi connectivity index (χ0) is 16.8. The molecular weight excluding hydrogens is 324 g/mol. The fourth-order valence-electron chi connectivity index (χ4n) is 3.29. The van der Waals surface area contributed by atoms with Crippen molar-refractivity contribution >= 4 is 28.3 Å². The second-order valence-electron chi connectivity index (χ2n) is 6.55. The Bertz CT molecular complexity index is 569. The zero-order valence-corrected chi connectivity index (χ0v) is 14.9. The number of hydrogen-bond donors (Lipinski definition) is 1. The Hall–Kier alpha value is -1.47. The van der Waals surface area contributed by atoms with Crippen LogP contribution in [0.3, 0.4) is 0 Å². The number of carbonyl (C=O) groups is 2. The molecule has 0 aliphatic carbocycles. The van der Waals surface area contributed by atoms with Crippen LogP contribution in [0.4, 0.5) is 5.13 Å². The summed E-state index contributed by atoms with van der Waals surface area (Å²) in [5, 5.41) is 5.59. The van der Waals surface area contributed by atoms with Gasteiger partial charge in [-0.25, -0.2) is 4.98 Å². The molecule has 1 aromatic heterocycles. The molecule has 24 heavy (non-hydrogen) atoms. The molecule has 0 bridgehead atoms. The van der Waals surface area contributed by atoms with Gasteiger partial charge in [-0.15, -0.1) is 11.3 Å². The summed E-state index contributed by atoms with van der Waals surface area (Å²) >= 11 is 1.45. The fraction of sp³-hybridized carbons (Fsp3) is 0.706. The van der Waals surface area contributed by atoms with Gasteiger partial charge in [-0.05, 0) is 45.3 Å². The Balaban J connectivity index is 1.36. The Morgan fingerprint density at radius 1 is 1.21 bits per heavy atom. The number of rotatable bonds is 7. The Morgan fingerprint density at radius 2 is 2.04 bits per heavy atom. The van der Waals surface area contributed by atoms with Crippen LogP contribution < -0.4 is 10.2 Å². The number of nitrogens with zero attached hydrogens (tertiary/aromatic N) is 3. The van der Waals surface area contributed by atoms with Crippen molar-refractivity contribution in [1.29, 1.82) is 0 Å². The molecule has 2 saturated heterocycles. The van der Waals surface area contributed by atoms with Crippen LogP contribution in [0.25, 0.3) is 0 Å². The van der Waals surface area contributed by atoms with E-state index >= 15 is 0 Å². The molecule has 1 aromatic rings. The number of amides is 2. The molecule has 0 radical (unpaired) electrons. The highest BCUT2D eigenvalue weighted by Crippen LogP contribution is 2.25. The molecule has 2 amide bonds. The van der Waals surface area contributed by atoms with E-state index in [1.165, 1.54) is 43.7 Å². The SMILES string of the molecule is O=C(Cc1csc(N2CCCC2=O)n1)NCCCN1CCCCC1. The van der Waals surface area contributed by atoms with Crippen LogP contribution >= 0.6 is 11.3 Å². The minimum atomic E-state index is 0.0123. The van der Waals surface area contributed by atoms with Gasteiger partial charge in [-0.1, -0.05) is 6.42 Å². The number of carbonyl (C=O) groups excluding carboxylic acids is 2. The van der Waals surface area contributed by atoms with E-state index in [4.69, 9.17) is 0 Å². The number of piperidine rings is 1. The molecule has 0 unspecified atom stereocenters. The van der Waals surface area contributed by atoms with Gasteiger partial charge in [0.1, 0.15) is 0 Å². The van der Waals surface area contributed by atoms with Gasteiger partial charge in [0.25, 0.3) is 0 Å². The van der Waals surface area contributed by atoms with E-state index in [-0.39, 0.29) is 11.8 Å². The molecule has 0 saturated carbocycles. The molecule has 132 valence electrons. The van der Waals surface area contributed by atoms with Crippen molar-refractivity contribution in [2.45, 2.75) is 44.9 Å². The van der Waals surface area contributed by atoms with Crippen LogP contribution in [-0.2, 0) is 16.0 Å². The van der Waals surface area contributed by atoms with Gasteiger partial charge in [-0.2, -0.15) is 0 Å². The summed E-state index contributed by atoms with van der Waals surface area (Å²) in [6.45, 7) is 4.93. The molecule has 2 fully saturated rings. The molecule has 7 heteroatoms. The summed E-state index contributed by atoms with van der Waals surface area (Å²) in [6, 6.07) is 0. The highest BCUT2D eigenvalue weighted by Gasteiger charge is 2.24. The van der Waals surface area contributed by atoms with Crippen molar-refractivity contribution in [2.75, 3.05) is 37.6 Å². The second-order valence-corrected chi connectivity index (χ2v) is 7.39. The average Bonchev–Trinajstić information content (AvgIpc) is 3.21. The van der Waals surface area contributed by atoms with Gasteiger partial charge in [0.15, 0.2) is 5.13 Å². The van der Waals surface area contributed by atoms with Gasteiger partial charge < -0.3 is 10.2 Å². The number of likely N-dealkylation sites (tertiary alicyclic amines) is 1. The lowest BCUT2D eigenvalue weighted by Gasteiger charge is -2.26. The van der Waals surface area contributed by atoms with Gasteiger partial charge in [0.2, 0.25) is 11.8 Å². The van der Waals surface area contributed by atoms with Gasteiger partial charge in [0.05, 0.1) is 12.1 Å². The first kappa shape index (κ1) is 17.4. The van der Waals surface area contributed by atoms with Crippen molar-refractivity contribution in [2.24, 2.45) is 0 Å². The summed E-state index contributed by atoms with van der Waals surface area (Å²) in [6.07, 6.45) is 6.75. The first-order valence-corrected chi connectivity index (χ1v) is 9.84. The maximum atomic E-state index is 12.0. The van der Waals surface area contributed by atoms with Gasteiger partial charge in [0, 0.05) is 24.9 Å². The number of nitrogens with one attached hydrogen (secondary N) is 1. The molecular formula is C17H26N4O2S. The second kappa shape index (κ2) is 8.58. The van der Waals surface area contributed by atoms with Crippen molar-refractivity contribution in [3.63, 3.8) is 0 Å². The Labute approximate surface area is 147 Å². The van der Waals surface area contributed by atoms with Gasteiger partial charge in [-0.3, -0.25) is 14.5 Å². The molecule has 0 atom stereocenters. The van der Waals surface area contributed by atoms with E-state index in [1.54, 1.807) is 4.90 Å². The Morgan fingerprint density at radius 3 is 2.79 bits per heavy atom. The molecule has 2 aliphatic heterocycles. The molecule has 2 aliphatic rings. The Kier molecular flexibility index (Phi) is 6.20. The van der Waals surface area contributed by atoms with Crippen molar-refractivity contribution in [1.82, 2.24) is 15.2 Å². The van der Waals surface area contributed by atoms with Crippen molar-refractivity contribution in [3.05, 3.63) is 11.1 Å². The maximum Gasteiger partial charge on any atom is 0.228 e. The summed E-state index contributed by atoms with van der Waals surface area (Å²) in [7, 11) is 0. The third-order valence-corrected chi connectivity index (χ3v) is 5.52. The average molecular weight is 350 g/mol. The highest BCUT2D eigenvalue weighted by molar-refractivity contribution is 7.14. The fourth-order valence-corrected chi connectivity index (χ4v) is 4.16. The summed E-state index contributed by atoms with van der Waals surface area (Å²) in [4.78, 5) is 32.4. The van der Waals surface area contributed by atoms with Gasteiger partial charge >= 0.3 is 0 Å². The van der Waals surface area contributed by atoms with Crippen LogP contribution in [0.1, 0.15) is 44.2 Å². The minimum Gasteiger partial charge on any atom is -0.356 e. The van der Waals surface area contributed by atoms with E-state index in [9.17, 15) is 9.59 Å². The summed E-state index contributed by atoms with van der Waals surface area (Å²) in [5.74, 6) is 0.149. The minimum absolute atomic E-state index is 0.0123. The zero-order valence-electron chi connectivity index (χ0n) is 14.1. The predicted octanol–water partition coefficient (Wildman–Crippen LogP) is 1.80. The number of anilines is 1. The molecule has 0 aromatic carbocycles. The normalized spacial score (nSPS) is 19.0. The first-order chi connectivity index (χ1) is 11.7. The quantitative estimate of drug-likeness (QED) is 0.762. The van der Waals surface area contributed by atoms with Crippen LogP contribution in [0.5, 0.6) is 0 Å². The van der Waals surface area contributed by atoms with E-state index in [2.05, 4.69) is 15.2 Å². The van der Waals surface area contributed by atoms with Crippen molar-refractivity contribution in [3.8, 4) is 0 Å².